The minimum Gasteiger partial charge on any atom is -0.462 e. The fourth-order valence-corrected chi connectivity index (χ4v) is 11.2. The maximum atomic E-state index is 13.1. The minimum atomic E-state index is -5.03. The lowest BCUT2D eigenvalue weighted by Crippen LogP contribution is -2.30. The van der Waals surface area contributed by atoms with Crippen LogP contribution in [0.25, 0.3) is 0 Å². The highest BCUT2D eigenvalue weighted by Crippen LogP contribution is 2.45. The molecule has 0 radical (unpaired) electrons. The van der Waals surface area contributed by atoms with Crippen molar-refractivity contribution >= 4 is 39.5 Å². The number of unbranched alkanes of at least 4 members (excludes halogenated alkanes) is 10. The van der Waals surface area contributed by atoms with E-state index in [-0.39, 0.29) is 25.7 Å². The number of aliphatic hydroxyl groups excluding tert-OH is 1. The summed E-state index contributed by atoms with van der Waals surface area (Å²) in [6, 6.07) is 0. The highest BCUT2D eigenvalue weighted by Gasteiger charge is 2.30. The van der Waals surface area contributed by atoms with Crippen LogP contribution < -0.4 is 0 Å². The van der Waals surface area contributed by atoms with E-state index < -0.39 is 97.5 Å². The molecule has 0 saturated heterocycles. The summed E-state index contributed by atoms with van der Waals surface area (Å²) in [5.41, 5.74) is 0. The first-order valence-corrected chi connectivity index (χ1v) is 43.6. The van der Waals surface area contributed by atoms with Crippen molar-refractivity contribution in [3.63, 3.8) is 0 Å². The summed E-state index contributed by atoms with van der Waals surface area (Å²) >= 11 is 0. The lowest BCUT2D eigenvalue weighted by Gasteiger charge is -2.21. The Labute approximate surface area is 664 Å². The van der Waals surface area contributed by atoms with Crippen LogP contribution in [0.2, 0.25) is 0 Å². The Bertz CT molecular complexity index is 3000. The summed E-state index contributed by atoms with van der Waals surface area (Å²) in [6.07, 6.45) is 104. The molecule has 0 bridgehead atoms. The van der Waals surface area contributed by atoms with Crippen molar-refractivity contribution in [1.82, 2.24) is 0 Å². The summed E-state index contributed by atoms with van der Waals surface area (Å²) in [6.45, 7) is 4.14. The molecule has 616 valence electrons. The Kier molecular flexibility index (Phi) is 75.2. The molecule has 19 heteroatoms. The zero-order valence-electron chi connectivity index (χ0n) is 67.3. The van der Waals surface area contributed by atoms with Gasteiger partial charge in [0.15, 0.2) is 12.2 Å². The fourth-order valence-electron chi connectivity index (χ4n) is 9.64. The normalized spacial score (nSPS) is 15.0. The number of aliphatic hydroxyl groups is 1. The molecule has 0 saturated carbocycles. The van der Waals surface area contributed by atoms with Crippen LogP contribution >= 0.6 is 15.6 Å². The molecule has 0 aliphatic heterocycles. The molecule has 5 unspecified atom stereocenters. The highest BCUT2D eigenvalue weighted by molar-refractivity contribution is 7.47. The molecule has 5 atom stereocenters. The van der Waals surface area contributed by atoms with Gasteiger partial charge in [0.05, 0.1) is 32.8 Å². The van der Waals surface area contributed by atoms with Gasteiger partial charge < -0.3 is 33.8 Å². The Morgan fingerprint density at radius 3 is 0.800 bits per heavy atom. The van der Waals surface area contributed by atoms with Crippen molar-refractivity contribution in [2.24, 2.45) is 0 Å². The number of esters is 4. The number of phosphoric acid groups is 2. The standard InChI is InChI=1S/C91H140O17P2/c1-5-9-13-17-21-25-29-33-37-40-42-45-48-51-55-59-63-67-71-75-88(93)101-81-86(107-90(95)77-73-69-65-61-57-53-47-36-32-28-24-20-16-12-8-4)83-105-109(97,98)103-79-85(92)80-104-110(99,100)106-84-87(108-91(96)78-74-70-66-62-58-54-50-44-39-35-31-27-23-19-15-11-7-3)82-102-89(94)76-72-68-64-60-56-52-49-46-43-41-38-34-30-26-22-18-14-10-6-2/h9-16,21-28,33-39,42-43,45-47,50-51,54-55,57,61-62,66,69,73,85-87,92H,5-8,17-20,29-32,40-41,44,48-49,52-53,56,58-60,63-65,67-68,70-72,74-84H2,1-4H3,(H,97,98)(H,99,100)/b13-9-,14-10-,15-11-,16-12-,25-21-,26-22-,27-23-,28-24-,37-33-,38-34-,39-35-,45-42-,46-43-,47-36-,54-50-,55-51-,61-57-,66-62-,73-69-. The average Bonchev–Trinajstić information content (AvgIpc) is 0.899. The third kappa shape index (κ3) is 79.2. The Balaban J connectivity index is 5.56. The largest absolute Gasteiger partial charge is 0.472 e. The summed E-state index contributed by atoms with van der Waals surface area (Å²) < 4.78 is 68.4. The average molecular weight is 1570 g/mol. The third-order valence-corrected chi connectivity index (χ3v) is 17.5. The molecule has 0 spiro atoms. The molecule has 17 nitrogen and oxygen atoms in total. The first-order valence-electron chi connectivity index (χ1n) is 40.6. The van der Waals surface area contributed by atoms with E-state index in [1.807, 2.05) is 24.3 Å². The van der Waals surface area contributed by atoms with Gasteiger partial charge >= 0.3 is 39.5 Å². The number of hydrogen-bond donors (Lipinski definition) is 3. The topological polar surface area (TPSA) is 237 Å². The maximum absolute atomic E-state index is 13.1. The van der Waals surface area contributed by atoms with Gasteiger partial charge in [-0.25, -0.2) is 9.13 Å². The van der Waals surface area contributed by atoms with Crippen molar-refractivity contribution in [3.8, 4) is 0 Å². The van der Waals surface area contributed by atoms with Crippen LogP contribution in [0.3, 0.4) is 0 Å². The van der Waals surface area contributed by atoms with Crippen LogP contribution in [0.15, 0.2) is 231 Å². The monoisotopic (exact) mass is 1570 g/mol. The molecule has 0 aromatic heterocycles. The summed E-state index contributed by atoms with van der Waals surface area (Å²) in [5, 5.41) is 10.7. The predicted octanol–water partition coefficient (Wildman–Crippen LogP) is 24.2. The Hall–Kier alpha value is -6.88. The molecule has 0 aromatic rings. The number of hydrogen-bond acceptors (Lipinski definition) is 15. The van der Waals surface area contributed by atoms with E-state index in [0.29, 0.717) is 32.1 Å². The SMILES string of the molecule is CC/C=C\C/C=C\C/C=C\C/C=C\C/C=C\CCCCCC(=O)OCC(COP(=O)(O)OCC(O)COP(=O)(O)OCC(COC(=O)CCCCCCCC/C=C\C/C=C\C/C=C\C/C=C\CC)OC(=O)CCC/C=C\C/C=C\C/C=C\C/C=C\C/C=C\CC)OC(=O)C/C=C\C/C=C\C/C=C\C/C=C\C/C=C\CC. The molecule has 0 rings (SSSR count). The van der Waals surface area contributed by atoms with Gasteiger partial charge in [0, 0.05) is 19.3 Å². The van der Waals surface area contributed by atoms with E-state index >= 15 is 0 Å². The zero-order chi connectivity index (χ0) is 80.3. The molecule has 0 fully saturated rings. The van der Waals surface area contributed by atoms with Gasteiger partial charge in [0.2, 0.25) is 0 Å². The zero-order valence-corrected chi connectivity index (χ0v) is 69.1. The number of carbonyl (C=O) groups is 4. The molecular weight excluding hydrogens is 1430 g/mol. The van der Waals surface area contributed by atoms with E-state index in [4.69, 9.17) is 37.0 Å². The van der Waals surface area contributed by atoms with Crippen LogP contribution in [0, 0.1) is 0 Å². The third-order valence-electron chi connectivity index (χ3n) is 15.6. The smallest absolute Gasteiger partial charge is 0.462 e. The van der Waals surface area contributed by atoms with Crippen molar-refractivity contribution in [3.05, 3.63) is 231 Å². The van der Waals surface area contributed by atoms with Crippen molar-refractivity contribution < 1.29 is 80.2 Å². The summed E-state index contributed by atoms with van der Waals surface area (Å²) in [7, 11) is -10.1. The lowest BCUT2D eigenvalue weighted by atomic mass is 10.1. The molecule has 0 amide bonds. The molecule has 0 aliphatic carbocycles. The Morgan fingerprint density at radius 2 is 0.491 bits per heavy atom. The molecule has 0 aliphatic rings. The van der Waals surface area contributed by atoms with E-state index in [9.17, 15) is 43.2 Å². The number of allylic oxidation sites excluding steroid dienone is 37. The van der Waals surface area contributed by atoms with Crippen LogP contribution in [0.4, 0.5) is 0 Å². The summed E-state index contributed by atoms with van der Waals surface area (Å²) in [4.78, 5) is 73.1. The van der Waals surface area contributed by atoms with Crippen LogP contribution in [-0.4, -0.2) is 96.7 Å². The van der Waals surface area contributed by atoms with E-state index in [0.717, 1.165) is 173 Å². The van der Waals surface area contributed by atoms with E-state index in [1.54, 1.807) is 12.2 Å². The van der Waals surface area contributed by atoms with Crippen molar-refractivity contribution in [2.75, 3.05) is 39.6 Å². The Morgan fingerprint density at radius 1 is 0.264 bits per heavy atom. The van der Waals surface area contributed by atoms with Crippen LogP contribution in [0.5, 0.6) is 0 Å². The van der Waals surface area contributed by atoms with E-state index in [1.165, 1.54) is 0 Å². The number of phosphoric ester groups is 2. The molecule has 0 heterocycles. The van der Waals surface area contributed by atoms with Crippen molar-refractivity contribution in [1.29, 1.82) is 0 Å². The molecular formula is C91H140O17P2. The molecule has 110 heavy (non-hydrogen) atoms. The summed E-state index contributed by atoms with van der Waals surface area (Å²) in [5.74, 6) is -2.48. The van der Waals surface area contributed by atoms with Gasteiger partial charge in [0.25, 0.3) is 0 Å². The van der Waals surface area contributed by atoms with Crippen LogP contribution in [0.1, 0.15) is 259 Å². The maximum Gasteiger partial charge on any atom is 0.472 e. The molecule has 3 N–H and O–H groups in total. The van der Waals surface area contributed by atoms with Gasteiger partial charge in [-0.1, -0.05) is 291 Å². The van der Waals surface area contributed by atoms with Gasteiger partial charge in [-0.15, -0.1) is 0 Å². The number of carbonyl (C=O) groups excluding carboxylic acids is 4. The fraction of sp³-hybridized carbons (Fsp3) is 0.538. The van der Waals surface area contributed by atoms with Gasteiger partial charge in [-0.2, -0.15) is 0 Å². The second kappa shape index (κ2) is 80.2. The van der Waals surface area contributed by atoms with Gasteiger partial charge in [0.1, 0.15) is 19.3 Å². The quantitative estimate of drug-likeness (QED) is 0.0169. The van der Waals surface area contributed by atoms with Crippen LogP contribution in [-0.2, 0) is 65.4 Å². The van der Waals surface area contributed by atoms with E-state index in [2.05, 4.69) is 222 Å². The number of rotatable bonds is 73. The first-order chi connectivity index (χ1) is 53.7. The minimum absolute atomic E-state index is 0.000516. The first kappa shape index (κ1) is 103. The van der Waals surface area contributed by atoms with Gasteiger partial charge in [-0.05, 0) is 173 Å². The predicted molar refractivity (Wildman–Crippen MR) is 454 cm³/mol. The number of ether oxygens (including phenoxy) is 4. The second-order valence-corrected chi connectivity index (χ2v) is 28.8. The second-order valence-electron chi connectivity index (χ2n) is 25.8. The van der Waals surface area contributed by atoms with Gasteiger partial charge in [-0.3, -0.25) is 37.3 Å². The highest BCUT2D eigenvalue weighted by atomic mass is 31.2. The lowest BCUT2D eigenvalue weighted by molar-refractivity contribution is -0.161. The van der Waals surface area contributed by atoms with Crippen molar-refractivity contribution in [2.45, 2.75) is 277 Å². The molecule has 0 aromatic carbocycles.